The summed E-state index contributed by atoms with van der Waals surface area (Å²) >= 11 is 0. The second-order valence-electron chi connectivity index (χ2n) is 6.50. The Labute approximate surface area is 156 Å². The van der Waals surface area contributed by atoms with Crippen LogP contribution in [0.2, 0.25) is 0 Å². The van der Waals surface area contributed by atoms with Crippen molar-refractivity contribution in [3.63, 3.8) is 0 Å². The Morgan fingerprint density at radius 3 is 2.31 bits per heavy atom. The van der Waals surface area contributed by atoms with Crippen molar-refractivity contribution in [2.75, 3.05) is 37.7 Å². The van der Waals surface area contributed by atoms with Crippen molar-refractivity contribution in [3.8, 4) is 5.75 Å². The largest absolute Gasteiger partial charge is 0.493 e. The van der Waals surface area contributed by atoms with Crippen LogP contribution in [0.3, 0.4) is 0 Å². The van der Waals surface area contributed by atoms with E-state index in [9.17, 15) is 8.42 Å². The molecule has 1 saturated heterocycles. The summed E-state index contributed by atoms with van der Waals surface area (Å²) in [4.78, 5) is 2.56. The van der Waals surface area contributed by atoms with Gasteiger partial charge in [-0.2, -0.15) is 4.31 Å². The van der Waals surface area contributed by atoms with E-state index in [0.29, 0.717) is 37.7 Å². The van der Waals surface area contributed by atoms with Crippen molar-refractivity contribution >= 4 is 15.7 Å². The summed E-state index contributed by atoms with van der Waals surface area (Å²) in [5.74, 6) is 0.750. The first-order chi connectivity index (χ1) is 12.5. The van der Waals surface area contributed by atoms with Gasteiger partial charge in [0.2, 0.25) is 10.0 Å². The Morgan fingerprint density at radius 2 is 1.69 bits per heavy atom. The molecule has 0 aliphatic carbocycles. The number of piperazine rings is 1. The standard InChI is InChI=1S/C20H26N2O3S/c1-3-15-25-20-10-9-19(16-17(20)2)26(23,24)22-13-11-21(12-14-22)18-7-5-4-6-8-18/h4-10,16H,3,11-15H2,1-2H3. The molecule has 0 saturated carbocycles. The monoisotopic (exact) mass is 374 g/mol. The minimum Gasteiger partial charge on any atom is -0.493 e. The lowest BCUT2D eigenvalue weighted by Gasteiger charge is -2.35. The first-order valence-corrected chi connectivity index (χ1v) is 10.5. The van der Waals surface area contributed by atoms with Crippen LogP contribution in [0, 0.1) is 6.92 Å². The number of hydrogen-bond acceptors (Lipinski definition) is 4. The highest BCUT2D eigenvalue weighted by molar-refractivity contribution is 7.89. The van der Waals surface area contributed by atoms with Crippen LogP contribution in [0.5, 0.6) is 5.75 Å². The molecule has 0 atom stereocenters. The van der Waals surface area contributed by atoms with Crippen molar-refractivity contribution in [2.24, 2.45) is 0 Å². The third-order valence-corrected chi connectivity index (χ3v) is 6.50. The lowest BCUT2D eigenvalue weighted by atomic mass is 10.2. The van der Waals surface area contributed by atoms with Gasteiger partial charge < -0.3 is 9.64 Å². The van der Waals surface area contributed by atoms with Gasteiger partial charge in [0.25, 0.3) is 0 Å². The van der Waals surface area contributed by atoms with E-state index in [1.165, 1.54) is 0 Å². The average molecular weight is 375 g/mol. The smallest absolute Gasteiger partial charge is 0.243 e. The number of sulfonamides is 1. The first kappa shape index (κ1) is 18.7. The molecule has 1 heterocycles. The van der Waals surface area contributed by atoms with E-state index in [1.54, 1.807) is 22.5 Å². The van der Waals surface area contributed by atoms with Crippen molar-refractivity contribution < 1.29 is 13.2 Å². The van der Waals surface area contributed by atoms with E-state index in [4.69, 9.17) is 4.74 Å². The molecular weight excluding hydrogens is 348 g/mol. The fourth-order valence-electron chi connectivity index (χ4n) is 3.13. The molecule has 3 rings (SSSR count). The summed E-state index contributed by atoms with van der Waals surface area (Å²) < 4.78 is 33.2. The number of rotatable bonds is 6. The van der Waals surface area contributed by atoms with E-state index in [2.05, 4.69) is 17.0 Å². The number of aryl methyl sites for hydroxylation is 1. The topological polar surface area (TPSA) is 49.9 Å². The number of para-hydroxylation sites is 1. The number of benzene rings is 2. The number of hydrogen-bond donors (Lipinski definition) is 0. The molecule has 1 aliphatic rings. The maximum atomic E-state index is 13.0. The Bertz CT molecular complexity index is 829. The zero-order valence-corrected chi connectivity index (χ0v) is 16.2. The van der Waals surface area contributed by atoms with Gasteiger partial charge in [0.05, 0.1) is 11.5 Å². The average Bonchev–Trinajstić information content (AvgIpc) is 2.68. The predicted molar refractivity (Wildman–Crippen MR) is 104 cm³/mol. The lowest BCUT2D eigenvalue weighted by molar-refractivity contribution is 0.315. The molecule has 0 radical (unpaired) electrons. The molecule has 0 N–H and O–H groups in total. The second kappa shape index (κ2) is 8.10. The van der Waals surface area contributed by atoms with Crippen LogP contribution in [0.1, 0.15) is 18.9 Å². The molecule has 2 aromatic rings. The summed E-state index contributed by atoms with van der Waals surface area (Å²) in [6, 6.07) is 15.2. The zero-order valence-electron chi connectivity index (χ0n) is 15.4. The quantitative estimate of drug-likeness (QED) is 0.778. The normalized spacial score (nSPS) is 15.8. The van der Waals surface area contributed by atoms with Crippen LogP contribution >= 0.6 is 0 Å². The van der Waals surface area contributed by atoms with Gasteiger partial charge in [0.1, 0.15) is 5.75 Å². The number of anilines is 1. The molecule has 0 unspecified atom stereocenters. The molecule has 0 amide bonds. The van der Waals surface area contributed by atoms with Crippen molar-refractivity contribution in [2.45, 2.75) is 25.2 Å². The van der Waals surface area contributed by atoms with E-state index in [-0.39, 0.29) is 0 Å². The minimum absolute atomic E-state index is 0.340. The molecule has 1 aliphatic heterocycles. The Morgan fingerprint density at radius 1 is 1.00 bits per heavy atom. The van der Waals surface area contributed by atoms with E-state index in [0.717, 1.165) is 23.4 Å². The Kier molecular flexibility index (Phi) is 5.84. The van der Waals surface area contributed by atoms with Crippen LogP contribution in [-0.4, -0.2) is 45.5 Å². The Balaban J connectivity index is 1.70. The van der Waals surface area contributed by atoms with Crippen LogP contribution in [-0.2, 0) is 10.0 Å². The Hall–Kier alpha value is -2.05. The van der Waals surface area contributed by atoms with E-state index >= 15 is 0 Å². The van der Waals surface area contributed by atoms with Gasteiger partial charge in [-0.1, -0.05) is 25.1 Å². The van der Waals surface area contributed by atoms with Crippen molar-refractivity contribution in [3.05, 3.63) is 54.1 Å². The van der Waals surface area contributed by atoms with Gasteiger partial charge >= 0.3 is 0 Å². The summed E-state index contributed by atoms with van der Waals surface area (Å²) in [5, 5.41) is 0. The third-order valence-electron chi connectivity index (χ3n) is 4.61. The van der Waals surface area contributed by atoms with Gasteiger partial charge in [0, 0.05) is 31.9 Å². The molecule has 6 heteroatoms. The fraction of sp³-hybridized carbons (Fsp3) is 0.400. The zero-order chi connectivity index (χ0) is 18.6. The van der Waals surface area contributed by atoms with E-state index < -0.39 is 10.0 Å². The van der Waals surface area contributed by atoms with Gasteiger partial charge in [-0.25, -0.2) is 8.42 Å². The van der Waals surface area contributed by atoms with Gasteiger partial charge in [-0.3, -0.25) is 0 Å². The second-order valence-corrected chi connectivity index (χ2v) is 8.44. The number of ether oxygens (including phenoxy) is 1. The lowest BCUT2D eigenvalue weighted by Crippen LogP contribution is -2.48. The van der Waals surface area contributed by atoms with Crippen molar-refractivity contribution in [1.82, 2.24) is 4.31 Å². The molecule has 140 valence electrons. The molecule has 5 nitrogen and oxygen atoms in total. The van der Waals surface area contributed by atoms with Crippen molar-refractivity contribution in [1.29, 1.82) is 0 Å². The van der Waals surface area contributed by atoms with Crippen LogP contribution in [0.4, 0.5) is 5.69 Å². The summed E-state index contributed by atoms with van der Waals surface area (Å²) in [6.07, 6.45) is 0.922. The van der Waals surface area contributed by atoms with Gasteiger partial charge in [0.15, 0.2) is 0 Å². The van der Waals surface area contributed by atoms with Crippen LogP contribution in [0.15, 0.2) is 53.4 Å². The first-order valence-electron chi connectivity index (χ1n) is 9.06. The molecule has 0 spiro atoms. The molecule has 2 aromatic carbocycles. The highest BCUT2D eigenvalue weighted by Crippen LogP contribution is 2.25. The van der Waals surface area contributed by atoms with Crippen LogP contribution in [0.25, 0.3) is 0 Å². The van der Waals surface area contributed by atoms with Gasteiger partial charge in [-0.05, 0) is 49.2 Å². The van der Waals surface area contributed by atoms with Gasteiger partial charge in [-0.15, -0.1) is 0 Å². The fourth-order valence-corrected chi connectivity index (χ4v) is 4.64. The van der Waals surface area contributed by atoms with Crippen LogP contribution < -0.4 is 9.64 Å². The highest BCUT2D eigenvalue weighted by atomic mass is 32.2. The maximum Gasteiger partial charge on any atom is 0.243 e. The predicted octanol–water partition coefficient (Wildman–Crippen LogP) is 3.29. The SMILES string of the molecule is CCCOc1ccc(S(=O)(=O)N2CCN(c3ccccc3)CC2)cc1C. The molecule has 0 aromatic heterocycles. The molecule has 26 heavy (non-hydrogen) atoms. The summed E-state index contributed by atoms with van der Waals surface area (Å²) in [6.45, 7) is 6.93. The summed E-state index contributed by atoms with van der Waals surface area (Å²) in [7, 11) is -3.48. The third kappa shape index (κ3) is 4.02. The molecule has 0 bridgehead atoms. The summed E-state index contributed by atoms with van der Waals surface area (Å²) in [5.41, 5.74) is 1.99. The highest BCUT2D eigenvalue weighted by Gasteiger charge is 2.28. The minimum atomic E-state index is -3.48. The maximum absolute atomic E-state index is 13.0. The molecule has 1 fully saturated rings. The van der Waals surface area contributed by atoms with E-state index in [1.807, 2.05) is 32.0 Å². The number of nitrogens with zero attached hydrogens (tertiary/aromatic N) is 2. The molecular formula is C20H26N2O3S.